The van der Waals surface area contributed by atoms with Crippen molar-refractivity contribution in [2.45, 2.75) is 26.2 Å². The monoisotopic (exact) mass is 182 g/mol. The van der Waals surface area contributed by atoms with Gasteiger partial charge in [0.25, 0.3) is 0 Å². The molecule has 0 atom stereocenters. The summed E-state index contributed by atoms with van der Waals surface area (Å²) in [4.78, 5) is 0. The molecule has 0 bridgehead atoms. The molecule has 0 aromatic heterocycles. The second kappa shape index (κ2) is 4.26. The molecule has 1 aromatic rings. The molecule has 0 unspecified atom stereocenters. The minimum atomic E-state index is -0.422. The van der Waals surface area contributed by atoms with Gasteiger partial charge in [-0.25, -0.2) is 0 Å². The number of phenols is 1. The number of aryl methyl sites for hydroxylation is 1. The van der Waals surface area contributed by atoms with Crippen LogP contribution >= 0.6 is 0 Å². The van der Waals surface area contributed by atoms with E-state index in [-0.39, 0.29) is 5.75 Å². The fourth-order valence-corrected chi connectivity index (χ4v) is 1.25. The van der Waals surface area contributed by atoms with Gasteiger partial charge in [0.1, 0.15) is 5.75 Å². The maximum absolute atomic E-state index is 12.0. The van der Waals surface area contributed by atoms with Gasteiger partial charge in [-0.15, -0.1) is 0 Å². The summed E-state index contributed by atoms with van der Waals surface area (Å²) in [6.07, 6.45) is 0.296. The lowest BCUT2D eigenvalue weighted by Gasteiger charge is -2.08. The zero-order valence-corrected chi connectivity index (χ0v) is 8.05. The lowest BCUT2D eigenvalue weighted by atomic mass is 10.0. The molecule has 1 rings (SSSR count). The molecule has 0 radical (unpaired) electrons. The third-order valence-electron chi connectivity index (χ3n) is 2.14. The van der Waals surface area contributed by atoms with Crippen LogP contribution < -0.4 is 0 Å². The van der Waals surface area contributed by atoms with E-state index in [0.29, 0.717) is 17.9 Å². The van der Waals surface area contributed by atoms with Crippen molar-refractivity contribution in [1.29, 1.82) is 0 Å². The first-order chi connectivity index (χ1) is 6.15. The third kappa shape index (κ3) is 2.44. The molecule has 2 heteroatoms. The molecule has 0 saturated heterocycles. The fraction of sp³-hybridized carbons (Fsp3) is 0.455. The molecule has 0 aliphatic heterocycles. The molecule has 0 fully saturated rings. The predicted octanol–water partition coefficient (Wildman–Crippen LogP) is 3.03. The van der Waals surface area contributed by atoms with Gasteiger partial charge in [-0.05, 0) is 23.1 Å². The van der Waals surface area contributed by atoms with Crippen LogP contribution in [-0.4, -0.2) is 11.8 Å². The highest BCUT2D eigenvalue weighted by Crippen LogP contribution is 2.23. The Hall–Kier alpha value is -1.05. The second-order valence-electron chi connectivity index (χ2n) is 3.48. The van der Waals surface area contributed by atoms with Crippen LogP contribution in [0.1, 0.15) is 30.9 Å². The summed E-state index contributed by atoms with van der Waals surface area (Å²) in [7, 11) is 0. The average Bonchev–Trinajstić information content (AvgIpc) is 2.08. The Morgan fingerprint density at radius 1 is 1.38 bits per heavy atom. The summed E-state index contributed by atoms with van der Waals surface area (Å²) < 4.78 is 12.0. The standard InChI is InChI=1S/C11H15FO/c1-8(2)10-4-3-9(5-6-12)11(13)7-10/h3-4,7-8,13H,5-6H2,1-2H3. The van der Waals surface area contributed by atoms with Crippen molar-refractivity contribution < 1.29 is 9.50 Å². The normalized spacial score (nSPS) is 10.8. The van der Waals surface area contributed by atoms with Crippen LogP contribution in [-0.2, 0) is 6.42 Å². The first-order valence-corrected chi connectivity index (χ1v) is 4.53. The van der Waals surface area contributed by atoms with E-state index in [1.54, 1.807) is 12.1 Å². The minimum Gasteiger partial charge on any atom is -0.508 e. The van der Waals surface area contributed by atoms with E-state index in [1.807, 2.05) is 6.07 Å². The average molecular weight is 182 g/mol. The summed E-state index contributed by atoms with van der Waals surface area (Å²) in [5, 5.41) is 9.50. The van der Waals surface area contributed by atoms with Gasteiger partial charge in [0.15, 0.2) is 0 Å². The number of phenolic OH excluding ortho intramolecular Hbond substituents is 1. The highest BCUT2D eigenvalue weighted by atomic mass is 19.1. The van der Waals surface area contributed by atoms with Crippen LogP contribution in [0.5, 0.6) is 5.75 Å². The van der Waals surface area contributed by atoms with E-state index in [0.717, 1.165) is 5.56 Å². The van der Waals surface area contributed by atoms with Gasteiger partial charge in [0.2, 0.25) is 0 Å². The van der Waals surface area contributed by atoms with E-state index >= 15 is 0 Å². The van der Waals surface area contributed by atoms with E-state index in [2.05, 4.69) is 13.8 Å². The predicted molar refractivity (Wildman–Crippen MR) is 51.9 cm³/mol. The van der Waals surface area contributed by atoms with Gasteiger partial charge in [-0.1, -0.05) is 26.0 Å². The van der Waals surface area contributed by atoms with Crippen molar-refractivity contribution in [3.05, 3.63) is 29.3 Å². The summed E-state index contributed by atoms with van der Waals surface area (Å²) in [5.74, 6) is 0.606. The van der Waals surface area contributed by atoms with Crippen molar-refractivity contribution in [3.63, 3.8) is 0 Å². The Kier molecular flexibility index (Phi) is 3.29. The number of halogens is 1. The summed E-state index contributed by atoms with van der Waals surface area (Å²) in [6, 6.07) is 5.45. The molecule has 1 N–H and O–H groups in total. The zero-order chi connectivity index (χ0) is 9.84. The van der Waals surface area contributed by atoms with Crippen LogP contribution in [0.15, 0.2) is 18.2 Å². The van der Waals surface area contributed by atoms with E-state index in [1.165, 1.54) is 0 Å². The van der Waals surface area contributed by atoms with Gasteiger partial charge < -0.3 is 5.11 Å². The molecule has 0 amide bonds. The largest absolute Gasteiger partial charge is 0.508 e. The highest BCUT2D eigenvalue weighted by molar-refractivity contribution is 5.37. The fourth-order valence-electron chi connectivity index (χ4n) is 1.25. The molecule has 0 heterocycles. The molecule has 13 heavy (non-hydrogen) atoms. The first kappa shape index (κ1) is 10.0. The molecular weight excluding hydrogens is 167 g/mol. The number of hydrogen-bond acceptors (Lipinski definition) is 1. The lowest BCUT2D eigenvalue weighted by molar-refractivity contribution is 0.451. The van der Waals surface area contributed by atoms with Gasteiger partial charge in [-0.2, -0.15) is 0 Å². The molecule has 72 valence electrons. The van der Waals surface area contributed by atoms with Gasteiger partial charge in [0, 0.05) is 6.42 Å². The van der Waals surface area contributed by atoms with Gasteiger partial charge in [0.05, 0.1) is 6.67 Å². The number of rotatable bonds is 3. The molecule has 0 spiro atoms. The minimum absolute atomic E-state index is 0.212. The molecule has 1 aromatic carbocycles. The molecular formula is C11H15FO. The van der Waals surface area contributed by atoms with Gasteiger partial charge in [-0.3, -0.25) is 4.39 Å². The Labute approximate surface area is 78.2 Å². The molecule has 0 aliphatic carbocycles. The maximum Gasteiger partial charge on any atom is 0.119 e. The van der Waals surface area contributed by atoms with Crippen molar-refractivity contribution in [2.75, 3.05) is 6.67 Å². The van der Waals surface area contributed by atoms with E-state index in [9.17, 15) is 9.50 Å². The van der Waals surface area contributed by atoms with Crippen LogP contribution in [0.4, 0.5) is 4.39 Å². The van der Waals surface area contributed by atoms with Crippen molar-refractivity contribution in [3.8, 4) is 5.75 Å². The van der Waals surface area contributed by atoms with Crippen molar-refractivity contribution in [2.24, 2.45) is 0 Å². The van der Waals surface area contributed by atoms with Crippen LogP contribution in [0.2, 0.25) is 0 Å². The topological polar surface area (TPSA) is 20.2 Å². The summed E-state index contributed by atoms with van der Waals surface area (Å²) >= 11 is 0. The molecule has 0 saturated carbocycles. The Balaban J connectivity index is 2.92. The summed E-state index contributed by atoms with van der Waals surface area (Å²) in [6.45, 7) is 3.70. The lowest BCUT2D eigenvalue weighted by Crippen LogP contribution is -1.91. The van der Waals surface area contributed by atoms with E-state index < -0.39 is 6.67 Å². The second-order valence-corrected chi connectivity index (χ2v) is 3.48. The highest BCUT2D eigenvalue weighted by Gasteiger charge is 2.04. The number of alkyl halides is 1. The maximum atomic E-state index is 12.0. The van der Waals surface area contributed by atoms with Crippen molar-refractivity contribution in [1.82, 2.24) is 0 Å². The Morgan fingerprint density at radius 2 is 2.08 bits per heavy atom. The first-order valence-electron chi connectivity index (χ1n) is 4.53. The Bertz CT molecular complexity index is 281. The smallest absolute Gasteiger partial charge is 0.119 e. The van der Waals surface area contributed by atoms with Crippen LogP contribution in [0.25, 0.3) is 0 Å². The van der Waals surface area contributed by atoms with E-state index in [4.69, 9.17) is 0 Å². The molecule has 0 aliphatic rings. The quantitative estimate of drug-likeness (QED) is 0.761. The number of benzene rings is 1. The Morgan fingerprint density at radius 3 is 2.54 bits per heavy atom. The van der Waals surface area contributed by atoms with Crippen LogP contribution in [0.3, 0.4) is 0 Å². The number of aromatic hydroxyl groups is 1. The summed E-state index contributed by atoms with van der Waals surface area (Å²) in [5.41, 5.74) is 1.77. The molecule has 1 nitrogen and oxygen atoms in total. The van der Waals surface area contributed by atoms with Crippen LogP contribution in [0, 0.1) is 0 Å². The zero-order valence-electron chi connectivity index (χ0n) is 8.05. The third-order valence-corrected chi connectivity index (χ3v) is 2.14. The van der Waals surface area contributed by atoms with Gasteiger partial charge >= 0.3 is 0 Å². The number of hydrogen-bond donors (Lipinski definition) is 1. The van der Waals surface area contributed by atoms with Crippen molar-refractivity contribution >= 4 is 0 Å². The SMILES string of the molecule is CC(C)c1ccc(CCF)c(O)c1.